The summed E-state index contributed by atoms with van der Waals surface area (Å²) < 4.78 is 25.7. The number of nitriles is 1. The molecule has 0 aromatic rings. The summed E-state index contributed by atoms with van der Waals surface area (Å²) in [6, 6.07) is 1.50. The molecule has 0 aromatic heterocycles. The van der Waals surface area contributed by atoms with Crippen LogP contribution in [0, 0.1) is 11.3 Å². The Morgan fingerprint density at radius 2 is 1.67 bits per heavy atom. The molecule has 0 saturated carbocycles. The van der Waals surface area contributed by atoms with Crippen molar-refractivity contribution in [2.45, 2.75) is 26.4 Å². The lowest BCUT2D eigenvalue weighted by Gasteiger charge is -2.18. The van der Waals surface area contributed by atoms with Gasteiger partial charge in [-0.2, -0.15) is 5.26 Å². The molecule has 0 heterocycles. The maximum absolute atomic E-state index is 12.2. The standard InChI is InChI=1S/C9H16NO7P/c1-4-13-9(11)8(7-10)18(12,16-14-5-2)17-15-6-3/h8H,4-6H2,1-3H3. The number of rotatable bonds is 9. The predicted octanol–water partition coefficient (Wildman–Crippen LogP) is 1.57. The van der Waals surface area contributed by atoms with E-state index in [9.17, 15) is 9.36 Å². The number of carbonyl (C=O) groups excluding carboxylic acids is 1. The molecule has 0 spiro atoms. The minimum absolute atomic E-state index is 0.0281. The molecule has 0 fully saturated rings. The third kappa shape index (κ3) is 5.12. The smallest absolute Gasteiger partial charge is 0.412 e. The van der Waals surface area contributed by atoms with Crippen molar-refractivity contribution in [2.75, 3.05) is 19.8 Å². The largest absolute Gasteiger partial charge is 0.465 e. The monoisotopic (exact) mass is 281 g/mol. The maximum Gasteiger partial charge on any atom is 0.412 e. The van der Waals surface area contributed by atoms with Crippen LogP contribution < -0.4 is 0 Å². The van der Waals surface area contributed by atoms with Crippen molar-refractivity contribution in [3.05, 3.63) is 0 Å². The van der Waals surface area contributed by atoms with Gasteiger partial charge >= 0.3 is 13.6 Å². The van der Waals surface area contributed by atoms with Gasteiger partial charge in [-0.15, -0.1) is 9.35 Å². The van der Waals surface area contributed by atoms with Crippen molar-refractivity contribution in [3.63, 3.8) is 0 Å². The third-order valence-electron chi connectivity index (χ3n) is 1.50. The fourth-order valence-corrected chi connectivity index (χ4v) is 2.00. The molecule has 0 aliphatic carbocycles. The van der Waals surface area contributed by atoms with Crippen molar-refractivity contribution in [1.82, 2.24) is 0 Å². The second-order valence-corrected chi connectivity index (χ2v) is 4.68. The van der Waals surface area contributed by atoms with Crippen LogP contribution in [0.1, 0.15) is 20.8 Å². The molecule has 18 heavy (non-hydrogen) atoms. The first-order valence-electron chi connectivity index (χ1n) is 5.34. The minimum Gasteiger partial charge on any atom is -0.465 e. The molecule has 104 valence electrons. The lowest BCUT2D eigenvalue weighted by Crippen LogP contribution is -2.24. The van der Waals surface area contributed by atoms with Gasteiger partial charge in [0.1, 0.15) is 0 Å². The first-order valence-corrected chi connectivity index (χ1v) is 6.95. The molecule has 1 atom stereocenters. The van der Waals surface area contributed by atoms with Crippen molar-refractivity contribution in [1.29, 1.82) is 5.26 Å². The summed E-state index contributed by atoms with van der Waals surface area (Å²) >= 11 is 0. The lowest BCUT2D eigenvalue weighted by atomic mass is 10.5. The SMILES string of the molecule is CCOOP(=O)(OOCC)C(C#N)C(=O)OCC. The number of hydrogen-bond acceptors (Lipinski definition) is 8. The normalized spacial score (nSPS) is 12.8. The molecule has 0 amide bonds. The molecule has 9 heteroatoms. The van der Waals surface area contributed by atoms with Crippen LogP contribution in [0.3, 0.4) is 0 Å². The van der Waals surface area contributed by atoms with E-state index < -0.39 is 19.2 Å². The van der Waals surface area contributed by atoms with Crippen molar-refractivity contribution < 1.29 is 33.2 Å². The Labute approximate surface area is 105 Å². The van der Waals surface area contributed by atoms with E-state index in [4.69, 9.17) is 5.26 Å². The average Bonchev–Trinajstić information content (AvgIpc) is 2.35. The Morgan fingerprint density at radius 1 is 1.17 bits per heavy atom. The third-order valence-corrected chi connectivity index (χ3v) is 3.08. The van der Waals surface area contributed by atoms with Gasteiger partial charge in [-0.3, -0.25) is 4.57 Å². The maximum atomic E-state index is 12.2. The van der Waals surface area contributed by atoms with Gasteiger partial charge in [0.25, 0.3) is 0 Å². The lowest BCUT2D eigenvalue weighted by molar-refractivity contribution is -0.264. The van der Waals surface area contributed by atoms with Crippen molar-refractivity contribution in [3.8, 4) is 6.07 Å². The molecule has 0 bridgehead atoms. The Morgan fingerprint density at radius 3 is 2.00 bits per heavy atom. The summed E-state index contributed by atoms with van der Waals surface area (Å²) in [5.74, 6) is -1.03. The summed E-state index contributed by atoms with van der Waals surface area (Å²) in [5, 5.41) is 8.86. The minimum atomic E-state index is -4.23. The zero-order chi connectivity index (χ0) is 14.0. The van der Waals surface area contributed by atoms with E-state index in [1.807, 2.05) is 0 Å². The van der Waals surface area contributed by atoms with Gasteiger partial charge in [-0.1, -0.05) is 0 Å². The van der Waals surface area contributed by atoms with Crippen LogP contribution in [0.5, 0.6) is 0 Å². The van der Waals surface area contributed by atoms with Gasteiger partial charge in [-0.05, 0) is 20.8 Å². The van der Waals surface area contributed by atoms with Crippen LogP contribution in [-0.4, -0.2) is 31.4 Å². The number of hydrogen-bond donors (Lipinski definition) is 0. The van der Waals surface area contributed by atoms with Gasteiger partial charge in [0, 0.05) is 0 Å². The van der Waals surface area contributed by atoms with Crippen LogP contribution >= 0.6 is 7.60 Å². The van der Waals surface area contributed by atoms with E-state index in [0.717, 1.165) is 0 Å². The second kappa shape index (κ2) is 9.03. The van der Waals surface area contributed by atoms with E-state index in [-0.39, 0.29) is 19.8 Å². The Kier molecular flexibility index (Phi) is 8.54. The first-order chi connectivity index (χ1) is 8.55. The zero-order valence-electron chi connectivity index (χ0n) is 10.5. The average molecular weight is 281 g/mol. The number of ether oxygens (including phenoxy) is 1. The summed E-state index contributed by atoms with van der Waals surface area (Å²) in [5.41, 5.74) is -1.77. The van der Waals surface area contributed by atoms with E-state index in [1.165, 1.54) is 6.07 Å². The van der Waals surface area contributed by atoms with Gasteiger partial charge in [0.15, 0.2) is 0 Å². The topological polar surface area (TPSA) is 104 Å². The molecule has 0 saturated heterocycles. The molecule has 0 rings (SSSR count). The highest BCUT2D eigenvalue weighted by atomic mass is 31.2. The molecular weight excluding hydrogens is 265 g/mol. The first kappa shape index (κ1) is 17.0. The molecular formula is C9H16NO7P. The Bertz CT molecular complexity index is 328. The Balaban J connectivity index is 4.94. The summed E-state index contributed by atoms with van der Waals surface area (Å²) in [7, 11) is -4.23. The summed E-state index contributed by atoms with van der Waals surface area (Å²) in [6.45, 7) is 4.82. The predicted molar refractivity (Wildman–Crippen MR) is 59.1 cm³/mol. The van der Waals surface area contributed by atoms with Crippen LogP contribution in [0.2, 0.25) is 0 Å². The Hall–Kier alpha value is -0.970. The van der Waals surface area contributed by atoms with E-state index in [1.54, 1.807) is 20.8 Å². The number of nitrogens with zero attached hydrogens (tertiary/aromatic N) is 1. The highest BCUT2D eigenvalue weighted by Crippen LogP contribution is 2.53. The quantitative estimate of drug-likeness (QED) is 0.271. The van der Waals surface area contributed by atoms with E-state index in [2.05, 4.69) is 23.9 Å². The summed E-state index contributed by atoms with van der Waals surface area (Å²) in [6.07, 6.45) is 0. The van der Waals surface area contributed by atoms with Crippen LogP contribution in [-0.2, 0) is 33.2 Å². The van der Waals surface area contributed by atoms with Gasteiger partial charge in [0.05, 0.1) is 25.9 Å². The second-order valence-electron chi connectivity index (χ2n) is 2.79. The van der Waals surface area contributed by atoms with E-state index >= 15 is 0 Å². The zero-order valence-corrected chi connectivity index (χ0v) is 11.3. The molecule has 8 nitrogen and oxygen atoms in total. The number of carbonyl (C=O) groups is 1. The molecule has 0 aromatic carbocycles. The van der Waals surface area contributed by atoms with E-state index in [0.29, 0.717) is 0 Å². The molecule has 0 N–H and O–H groups in total. The van der Waals surface area contributed by atoms with Crippen LogP contribution in [0.25, 0.3) is 0 Å². The van der Waals surface area contributed by atoms with Crippen LogP contribution in [0.15, 0.2) is 0 Å². The number of esters is 1. The molecule has 1 unspecified atom stereocenters. The van der Waals surface area contributed by atoms with Crippen molar-refractivity contribution in [2.24, 2.45) is 0 Å². The fourth-order valence-electron chi connectivity index (χ4n) is 0.825. The fraction of sp³-hybridized carbons (Fsp3) is 0.778. The van der Waals surface area contributed by atoms with Crippen molar-refractivity contribution >= 4 is 13.6 Å². The molecule has 0 aliphatic rings. The highest BCUT2D eigenvalue weighted by Gasteiger charge is 2.46. The molecule has 0 aliphatic heterocycles. The van der Waals surface area contributed by atoms with Gasteiger partial charge in [-0.25, -0.2) is 14.6 Å². The van der Waals surface area contributed by atoms with Crippen LogP contribution in [0.4, 0.5) is 0 Å². The van der Waals surface area contributed by atoms with Gasteiger partial charge < -0.3 is 4.74 Å². The van der Waals surface area contributed by atoms with Gasteiger partial charge in [0.2, 0.25) is 5.66 Å². The molecule has 0 radical (unpaired) electrons. The summed E-state index contributed by atoms with van der Waals surface area (Å²) in [4.78, 5) is 20.4. The highest BCUT2D eigenvalue weighted by molar-refractivity contribution is 7.55.